The SMILES string of the molecule is CCOc1cccc(CN2C(=O)C(=O)/C(=C(\O)c3ccc4c(c3)CC(C)O4)C2c2ccc(N(C)C)cc2)c1. The summed E-state index contributed by atoms with van der Waals surface area (Å²) in [6.45, 7) is 4.62. The lowest BCUT2D eigenvalue weighted by atomic mass is 9.94. The number of carbonyl (C=O) groups is 2. The molecule has 7 heteroatoms. The minimum absolute atomic E-state index is 0.0515. The summed E-state index contributed by atoms with van der Waals surface area (Å²) in [7, 11) is 3.90. The number of nitrogens with zero attached hydrogens (tertiary/aromatic N) is 2. The van der Waals surface area contributed by atoms with E-state index in [9.17, 15) is 14.7 Å². The first-order chi connectivity index (χ1) is 18.3. The van der Waals surface area contributed by atoms with Crippen molar-refractivity contribution in [3.8, 4) is 11.5 Å². The Morgan fingerprint density at radius 2 is 1.84 bits per heavy atom. The van der Waals surface area contributed by atoms with Gasteiger partial charge in [0.05, 0.1) is 18.2 Å². The van der Waals surface area contributed by atoms with Gasteiger partial charge in [0.15, 0.2) is 0 Å². The average Bonchev–Trinajstić information content (AvgIpc) is 3.40. The highest BCUT2D eigenvalue weighted by molar-refractivity contribution is 6.46. The number of rotatable bonds is 7. The Labute approximate surface area is 222 Å². The fourth-order valence-electron chi connectivity index (χ4n) is 5.17. The van der Waals surface area contributed by atoms with Crippen molar-refractivity contribution in [3.63, 3.8) is 0 Å². The van der Waals surface area contributed by atoms with E-state index in [-0.39, 0.29) is 24.0 Å². The number of Topliss-reactive ketones (excluding diaryl/α,β-unsaturated/α-hetero) is 1. The summed E-state index contributed by atoms with van der Waals surface area (Å²) in [5, 5.41) is 11.5. The predicted octanol–water partition coefficient (Wildman–Crippen LogP) is 5.10. The van der Waals surface area contributed by atoms with Gasteiger partial charge >= 0.3 is 0 Å². The monoisotopic (exact) mass is 512 g/mol. The van der Waals surface area contributed by atoms with E-state index in [0.29, 0.717) is 17.9 Å². The average molecular weight is 513 g/mol. The number of amides is 1. The fourth-order valence-corrected chi connectivity index (χ4v) is 5.17. The first-order valence-corrected chi connectivity index (χ1v) is 12.8. The molecule has 0 spiro atoms. The second kappa shape index (κ2) is 10.2. The van der Waals surface area contributed by atoms with Gasteiger partial charge in [-0.15, -0.1) is 0 Å². The van der Waals surface area contributed by atoms with Crippen molar-refractivity contribution in [2.24, 2.45) is 0 Å². The van der Waals surface area contributed by atoms with Crippen molar-refractivity contribution in [2.75, 3.05) is 25.6 Å². The molecule has 0 radical (unpaired) electrons. The van der Waals surface area contributed by atoms with Crippen LogP contribution < -0.4 is 14.4 Å². The number of benzene rings is 3. The highest BCUT2D eigenvalue weighted by Gasteiger charge is 2.46. The summed E-state index contributed by atoms with van der Waals surface area (Å²) in [4.78, 5) is 30.4. The van der Waals surface area contributed by atoms with Gasteiger partial charge in [-0.25, -0.2) is 0 Å². The van der Waals surface area contributed by atoms with Gasteiger partial charge in [-0.3, -0.25) is 9.59 Å². The minimum atomic E-state index is -0.745. The quantitative estimate of drug-likeness (QED) is 0.270. The highest BCUT2D eigenvalue weighted by atomic mass is 16.5. The van der Waals surface area contributed by atoms with Gasteiger partial charge in [-0.1, -0.05) is 24.3 Å². The van der Waals surface area contributed by atoms with Crippen LogP contribution in [0.15, 0.2) is 72.3 Å². The van der Waals surface area contributed by atoms with E-state index in [1.807, 2.05) is 93.5 Å². The number of anilines is 1. The van der Waals surface area contributed by atoms with Crippen LogP contribution in [0, 0.1) is 0 Å². The molecule has 1 fully saturated rings. The van der Waals surface area contributed by atoms with Crippen molar-refractivity contribution < 1.29 is 24.2 Å². The molecule has 1 amide bonds. The lowest BCUT2D eigenvalue weighted by Gasteiger charge is -2.26. The van der Waals surface area contributed by atoms with Crippen LogP contribution in [-0.2, 0) is 22.6 Å². The summed E-state index contributed by atoms with van der Waals surface area (Å²) in [6, 6.07) is 19.8. The zero-order valence-electron chi connectivity index (χ0n) is 22.1. The van der Waals surface area contributed by atoms with Crippen LogP contribution in [0.3, 0.4) is 0 Å². The van der Waals surface area contributed by atoms with Gasteiger partial charge in [0.2, 0.25) is 0 Å². The summed E-state index contributed by atoms with van der Waals surface area (Å²) in [6.07, 6.45) is 0.770. The van der Waals surface area contributed by atoms with Crippen LogP contribution in [0.5, 0.6) is 11.5 Å². The molecule has 0 aliphatic carbocycles. The molecule has 196 valence electrons. The van der Waals surface area contributed by atoms with Gasteiger partial charge in [-0.05, 0) is 73.0 Å². The van der Waals surface area contributed by atoms with E-state index in [0.717, 1.165) is 34.5 Å². The standard InChI is InChI=1S/C31H32N2O5/c1-5-37-25-8-6-7-20(16-25)18-33-28(21-9-12-24(13-10-21)32(3)4)27(30(35)31(33)36)29(34)22-11-14-26-23(17-22)15-19(2)38-26/h6-14,16-17,19,28,34H,5,15,18H2,1-4H3/b29-27-. The van der Waals surface area contributed by atoms with Crippen LogP contribution >= 0.6 is 0 Å². The van der Waals surface area contributed by atoms with Crippen molar-refractivity contribution in [2.45, 2.75) is 39.0 Å². The maximum Gasteiger partial charge on any atom is 0.295 e. The number of aliphatic hydroxyl groups excluding tert-OH is 1. The molecule has 1 saturated heterocycles. The Hall–Kier alpha value is -4.26. The number of ether oxygens (including phenoxy) is 2. The first-order valence-electron chi connectivity index (χ1n) is 12.8. The third kappa shape index (κ3) is 4.72. The number of carbonyl (C=O) groups excluding carboxylic acids is 2. The maximum atomic E-state index is 13.5. The number of aliphatic hydroxyl groups is 1. The largest absolute Gasteiger partial charge is 0.507 e. The van der Waals surface area contributed by atoms with Crippen LogP contribution in [0.4, 0.5) is 5.69 Å². The van der Waals surface area contributed by atoms with E-state index in [1.165, 1.54) is 4.90 Å². The third-order valence-electron chi connectivity index (χ3n) is 7.00. The first kappa shape index (κ1) is 25.4. The summed E-state index contributed by atoms with van der Waals surface area (Å²) < 4.78 is 11.4. The molecule has 2 heterocycles. The van der Waals surface area contributed by atoms with Crippen molar-refractivity contribution in [3.05, 3.63) is 94.6 Å². The van der Waals surface area contributed by atoms with E-state index in [4.69, 9.17) is 9.47 Å². The van der Waals surface area contributed by atoms with Gasteiger partial charge in [0, 0.05) is 38.3 Å². The number of hydrogen-bond acceptors (Lipinski definition) is 6. The molecule has 2 atom stereocenters. The molecule has 3 aromatic rings. The van der Waals surface area contributed by atoms with Crippen LogP contribution in [0.1, 0.15) is 42.1 Å². The topological polar surface area (TPSA) is 79.3 Å². The molecule has 2 aliphatic heterocycles. The number of likely N-dealkylation sites (tertiary alicyclic amines) is 1. The molecular formula is C31H32N2O5. The molecule has 2 aliphatic rings. The molecule has 7 nitrogen and oxygen atoms in total. The van der Waals surface area contributed by atoms with Crippen LogP contribution in [0.25, 0.3) is 5.76 Å². The van der Waals surface area contributed by atoms with E-state index < -0.39 is 17.7 Å². The van der Waals surface area contributed by atoms with Crippen molar-refractivity contribution >= 4 is 23.1 Å². The molecule has 3 aromatic carbocycles. The molecule has 2 unspecified atom stereocenters. The summed E-state index contributed by atoms with van der Waals surface area (Å²) >= 11 is 0. The van der Waals surface area contributed by atoms with E-state index >= 15 is 0 Å². The normalized spacial score (nSPS) is 19.8. The fraction of sp³-hybridized carbons (Fsp3) is 0.290. The van der Waals surface area contributed by atoms with Crippen molar-refractivity contribution in [1.29, 1.82) is 0 Å². The van der Waals surface area contributed by atoms with Crippen LogP contribution in [-0.4, -0.2) is 48.5 Å². The van der Waals surface area contributed by atoms with Crippen molar-refractivity contribution in [1.82, 2.24) is 4.90 Å². The van der Waals surface area contributed by atoms with Gasteiger partial charge in [0.25, 0.3) is 11.7 Å². The van der Waals surface area contributed by atoms with E-state index in [2.05, 4.69) is 0 Å². The highest BCUT2D eigenvalue weighted by Crippen LogP contribution is 2.42. The number of ketones is 1. The maximum absolute atomic E-state index is 13.5. The molecule has 0 bridgehead atoms. The second-order valence-corrected chi connectivity index (χ2v) is 9.95. The molecule has 0 aromatic heterocycles. The number of hydrogen-bond donors (Lipinski definition) is 1. The zero-order valence-corrected chi connectivity index (χ0v) is 22.1. The predicted molar refractivity (Wildman–Crippen MR) is 146 cm³/mol. The summed E-state index contributed by atoms with van der Waals surface area (Å²) in [5.74, 6) is -0.0519. The van der Waals surface area contributed by atoms with Gasteiger partial charge in [0.1, 0.15) is 23.4 Å². The Kier molecular flexibility index (Phi) is 6.85. The second-order valence-electron chi connectivity index (χ2n) is 9.95. The lowest BCUT2D eigenvalue weighted by molar-refractivity contribution is -0.140. The Balaban J connectivity index is 1.60. The molecular weight excluding hydrogens is 480 g/mol. The Bertz CT molecular complexity index is 1410. The molecule has 38 heavy (non-hydrogen) atoms. The summed E-state index contributed by atoms with van der Waals surface area (Å²) in [5.41, 5.74) is 4.11. The van der Waals surface area contributed by atoms with Gasteiger partial charge < -0.3 is 24.4 Å². The van der Waals surface area contributed by atoms with Crippen LogP contribution in [0.2, 0.25) is 0 Å². The minimum Gasteiger partial charge on any atom is -0.507 e. The third-order valence-corrected chi connectivity index (χ3v) is 7.00. The molecule has 5 rings (SSSR count). The molecule has 0 saturated carbocycles. The lowest BCUT2D eigenvalue weighted by Crippen LogP contribution is -2.29. The Morgan fingerprint density at radius 1 is 1.08 bits per heavy atom. The van der Waals surface area contributed by atoms with Gasteiger partial charge in [-0.2, -0.15) is 0 Å². The number of fused-ring (bicyclic) bond motifs is 1. The smallest absolute Gasteiger partial charge is 0.295 e. The van der Waals surface area contributed by atoms with E-state index in [1.54, 1.807) is 6.07 Å². The Morgan fingerprint density at radius 3 is 2.55 bits per heavy atom. The zero-order chi connectivity index (χ0) is 27.0. The molecule has 1 N–H and O–H groups in total.